The molecule has 0 bridgehead atoms. The average molecular weight is 514 g/mol. The van der Waals surface area contributed by atoms with Crippen LogP contribution in [0.5, 0.6) is 5.75 Å². The van der Waals surface area contributed by atoms with Gasteiger partial charge in [0.2, 0.25) is 0 Å². The monoisotopic (exact) mass is 513 g/mol. The number of nitrogen functional groups attached to an aromatic ring is 1. The number of nitrogens with two attached hydrogens (primary N) is 2. The van der Waals surface area contributed by atoms with E-state index in [2.05, 4.69) is 9.69 Å². The van der Waals surface area contributed by atoms with E-state index in [1.54, 1.807) is 36.4 Å². The van der Waals surface area contributed by atoms with E-state index in [-0.39, 0.29) is 34.7 Å². The van der Waals surface area contributed by atoms with Crippen molar-refractivity contribution in [1.82, 2.24) is 9.69 Å². The number of carbonyl (C=O) groups excluding carboxylic acids is 3. The molecule has 3 amide bonds. The van der Waals surface area contributed by atoms with Gasteiger partial charge in [-0.2, -0.15) is 4.37 Å². The summed E-state index contributed by atoms with van der Waals surface area (Å²) >= 11 is 0.733. The highest BCUT2D eigenvalue weighted by Crippen LogP contribution is 2.34. The molecule has 1 aliphatic heterocycles. The molecule has 12 heteroatoms. The highest BCUT2D eigenvalue weighted by Gasteiger charge is 2.38. The van der Waals surface area contributed by atoms with Crippen molar-refractivity contribution in [3.05, 3.63) is 59.0 Å². The number of nitrogens with zero attached hydrogens (tertiary/aromatic N) is 2. The van der Waals surface area contributed by atoms with Gasteiger partial charge in [-0.1, -0.05) is 0 Å². The van der Waals surface area contributed by atoms with Crippen LogP contribution in [0.4, 0.5) is 11.4 Å². The van der Waals surface area contributed by atoms with Gasteiger partial charge in [0.05, 0.1) is 24.7 Å². The van der Waals surface area contributed by atoms with E-state index in [1.165, 1.54) is 11.2 Å². The van der Waals surface area contributed by atoms with Crippen LogP contribution in [0.1, 0.15) is 51.7 Å². The van der Waals surface area contributed by atoms with Crippen molar-refractivity contribution in [2.75, 3.05) is 30.4 Å². The van der Waals surface area contributed by atoms with Gasteiger partial charge in [-0.3, -0.25) is 19.3 Å². The summed E-state index contributed by atoms with van der Waals surface area (Å²) < 4.78 is 20.7. The maximum Gasteiger partial charge on any atom is 0.273 e. The Balaban J connectivity index is 1.75. The van der Waals surface area contributed by atoms with Gasteiger partial charge in [-0.05, 0) is 67.7 Å². The number of carbonyl (C=O) groups is 3. The van der Waals surface area contributed by atoms with Crippen molar-refractivity contribution in [2.24, 2.45) is 5.73 Å². The standard InChI is InChI=1S/C24H27N5O6S/c1-2-33-15-9-7-14(8-10-15)29(24(32)21-18(25)19(22(26)30)28-36-21)20(17-6-4-12-35-17)23(31)27-13-16-5-3-11-34-16/h4,6-10,12,16,20H,2-3,5,11,13,25H2,1H3,(H2,26,30)(H,27,31)/t16-,20-/m0/s1. The molecule has 2 atom stereocenters. The number of aromatic nitrogens is 1. The number of hydrogen-bond donors (Lipinski definition) is 3. The lowest BCUT2D eigenvalue weighted by atomic mass is 10.1. The van der Waals surface area contributed by atoms with Gasteiger partial charge in [0.15, 0.2) is 11.7 Å². The van der Waals surface area contributed by atoms with Crippen molar-refractivity contribution in [1.29, 1.82) is 0 Å². The molecule has 3 heterocycles. The van der Waals surface area contributed by atoms with Crippen LogP contribution in [0.25, 0.3) is 0 Å². The number of ether oxygens (including phenoxy) is 2. The smallest absolute Gasteiger partial charge is 0.273 e. The highest BCUT2D eigenvalue weighted by atomic mass is 32.1. The summed E-state index contributed by atoms with van der Waals surface area (Å²) in [6.45, 7) is 3.26. The Kier molecular flexibility index (Phi) is 7.86. The molecule has 0 saturated carbocycles. The third-order valence-corrected chi connectivity index (χ3v) is 6.50. The summed E-state index contributed by atoms with van der Waals surface area (Å²) in [5.74, 6) is -1.14. The summed E-state index contributed by atoms with van der Waals surface area (Å²) in [5.41, 5.74) is 11.4. The van der Waals surface area contributed by atoms with E-state index >= 15 is 0 Å². The van der Waals surface area contributed by atoms with E-state index in [1.807, 2.05) is 6.92 Å². The van der Waals surface area contributed by atoms with E-state index < -0.39 is 23.8 Å². The Morgan fingerprint density at radius 2 is 2.06 bits per heavy atom. The number of nitrogens with one attached hydrogen (secondary N) is 1. The van der Waals surface area contributed by atoms with Gasteiger partial charge in [0.1, 0.15) is 16.4 Å². The second kappa shape index (κ2) is 11.2. The van der Waals surface area contributed by atoms with Gasteiger partial charge in [-0.25, -0.2) is 0 Å². The van der Waals surface area contributed by atoms with Gasteiger partial charge >= 0.3 is 0 Å². The van der Waals surface area contributed by atoms with Crippen LogP contribution < -0.4 is 26.4 Å². The van der Waals surface area contributed by atoms with Gasteiger partial charge in [-0.15, -0.1) is 0 Å². The van der Waals surface area contributed by atoms with Crippen LogP contribution in [0, 0.1) is 0 Å². The zero-order chi connectivity index (χ0) is 25.7. The number of anilines is 2. The SMILES string of the molecule is CCOc1ccc(N(C(=O)c2snc(C(N)=O)c2N)[C@H](C(=O)NC[C@@H]2CCCO2)c2ccco2)cc1. The van der Waals surface area contributed by atoms with Gasteiger partial charge in [0, 0.05) is 18.8 Å². The fourth-order valence-corrected chi connectivity index (χ4v) is 4.67. The Bertz CT molecular complexity index is 1200. The Hall–Kier alpha value is -3.90. The molecule has 3 aromatic rings. The largest absolute Gasteiger partial charge is 0.494 e. The fourth-order valence-electron chi connectivity index (χ4n) is 3.93. The van der Waals surface area contributed by atoms with Gasteiger partial charge in [0.25, 0.3) is 17.7 Å². The van der Waals surface area contributed by atoms with Crippen LogP contribution >= 0.6 is 11.5 Å². The summed E-state index contributed by atoms with van der Waals surface area (Å²) in [7, 11) is 0. The first-order chi connectivity index (χ1) is 17.4. The molecule has 2 aromatic heterocycles. The average Bonchev–Trinajstić information content (AvgIpc) is 3.64. The highest BCUT2D eigenvalue weighted by molar-refractivity contribution is 7.09. The predicted molar refractivity (Wildman–Crippen MR) is 133 cm³/mol. The molecule has 0 spiro atoms. The van der Waals surface area contributed by atoms with Crippen LogP contribution in [0.3, 0.4) is 0 Å². The second-order valence-corrected chi connectivity index (χ2v) is 8.81. The Morgan fingerprint density at radius 1 is 1.28 bits per heavy atom. The minimum Gasteiger partial charge on any atom is -0.494 e. The van der Waals surface area contributed by atoms with Crippen molar-refractivity contribution >= 4 is 40.6 Å². The zero-order valence-electron chi connectivity index (χ0n) is 19.6. The Morgan fingerprint density at radius 3 is 2.64 bits per heavy atom. The predicted octanol–water partition coefficient (Wildman–Crippen LogP) is 2.50. The number of furan rings is 1. The molecule has 1 aliphatic rings. The number of primary amides is 1. The lowest BCUT2D eigenvalue weighted by Crippen LogP contribution is -2.45. The lowest BCUT2D eigenvalue weighted by Gasteiger charge is -2.30. The van der Waals surface area contributed by atoms with E-state index in [0.29, 0.717) is 24.7 Å². The zero-order valence-corrected chi connectivity index (χ0v) is 20.5. The molecule has 5 N–H and O–H groups in total. The first-order valence-corrected chi connectivity index (χ1v) is 12.2. The summed E-state index contributed by atoms with van der Waals surface area (Å²) in [6.07, 6.45) is 3.07. The molecule has 1 saturated heterocycles. The second-order valence-electron chi connectivity index (χ2n) is 8.04. The fraction of sp³-hybridized carbons (Fsp3) is 0.333. The number of hydrogen-bond acceptors (Lipinski definition) is 9. The van der Waals surface area contributed by atoms with Crippen LogP contribution in [-0.2, 0) is 9.53 Å². The van der Waals surface area contributed by atoms with Gasteiger partial charge < -0.3 is 30.7 Å². The number of rotatable bonds is 10. The maximum atomic E-state index is 13.9. The molecule has 0 unspecified atom stereocenters. The Labute approximate surface area is 211 Å². The first-order valence-electron chi connectivity index (χ1n) is 11.4. The number of amides is 3. The summed E-state index contributed by atoms with van der Waals surface area (Å²) in [5, 5.41) is 2.88. The van der Waals surface area contributed by atoms with Crippen molar-refractivity contribution < 1.29 is 28.3 Å². The molecule has 1 fully saturated rings. The molecule has 36 heavy (non-hydrogen) atoms. The van der Waals surface area contributed by atoms with Crippen LogP contribution in [0.2, 0.25) is 0 Å². The lowest BCUT2D eigenvalue weighted by molar-refractivity contribution is -0.123. The first kappa shape index (κ1) is 25.2. The van der Waals surface area contributed by atoms with Crippen molar-refractivity contribution in [3.8, 4) is 5.75 Å². The summed E-state index contributed by atoms with van der Waals surface area (Å²) in [4.78, 5) is 40.4. The molecule has 4 rings (SSSR count). The van der Waals surface area contributed by atoms with Crippen molar-refractivity contribution in [2.45, 2.75) is 31.9 Å². The van der Waals surface area contributed by atoms with Crippen LogP contribution in [-0.4, -0.2) is 48.0 Å². The third kappa shape index (κ3) is 5.34. The molecule has 0 radical (unpaired) electrons. The van der Waals surface area contributed by atoms with E-state index in [0.717, 1.165) is 24.4 Å². The van der Waals surface area contributed by atoms with Crippen molar-refractivity contribution in [3.63, 3.8) is 0 Å². The minimum absolute atomic E-state index is 0.0267. The van der Waals surface area contributed by atoms with E-state index in [4.69, 9.17) is 25.4 Å². The number of benzene rings is 1. The van der Waals surface area contributed by atoms with Crippen LogP contribution in [0.15, 0.2) is 47.1 Å². The molecular formula is C24H27N5O6S. The maximum absolute atomic E-state index is 13.9. The molecule has 190 valence electrons. The van der Waals surface area contributed by atoms with E-state index in [9.17, 15) is 14.4 Å². The molecular weight excluding hydrogens is 486 g/mol. The third-order valence-electron chi connectivity index (χ3n) is 5.65. The molecule has 11 nitrogen and oxygen atoms in total. The normalized spacial score (nSPS) is 15.9. The molecule has 1 aromatic carbocycles. The topological polar surface area (TPSA) is 163 Å². The molecule has 0 aliphatic carbocycles. The minimum atomic E-state index is -1.19. The summed E-state index contributed by atoms with van der Waals surface area (Å²) in [6, 6.07) is 8.72. The quantitative estimate of drug-likeness (QED) is 0.372.